The van der Waals surface area contributed by atoms with Crippen LogP contribution < -0.4 is 15.7 Å². The molecule has 1 aliphatic rings. The van der Waals surface area contributed by atoms with Gasteiger partial charge in [0, 0.05) is 23.4 Å². The summed E-state index contributed by atoms with van der Waals surface area (Å²) in [4.78, 5) is 24.7. The highest BCUT2D eigenvalue weighted by Crippen LogP contribution is 2.25. The first-order valence-corrected chi connectivity index (χ1v) is 11.4. The predicted molar refractivity (Wildman–Crippen MR) is 112 cm³/mol. The van der Waals surface area contributed by atoms with Crippen LogP contribution in [-0.4, -0.2) is 49.7 Å². The zero-order chi connectivity index (χ0) is 22.1. The number of rotatable bonds is 7. The van der Waals surface area contributed by atoms with Crippen molar-refractivity contribution in [2.24, 2.45) is 0 Å². The maximum absolute atomic E-state index is 12.5. The first-order valence-electron chi connectivity index (χ1n) is 9.57. The number of benzene rings is 1. The van der Waals surface area contributed by atoms with Crippen LogP contribution in [0.2, 0.25) is 0 Å². The Bertz CT molecular complexity index is 1150. The summed E-state index contributed by atoms with van der Waals surface area (Å²) in [5.74, 6) is -0.514. The van der Waals surface area contributed by atoms with Crippen LogP contribution in [0.3, 0.4) is 0 Å². The molecular formula is C21H25NO7S. The van der Waals surface area contributed by atoms with E-state index in [1.807, 2.05) is 6.92 Å². The van der Waals surface area contributed by atoms with Crippen molar-refractivity contribution in [3.63, 3.8) is 0 Å². The van der Waals surface area contributed by atoms with Crippen molar-refractivity contribution in [2.45, 2.75) is 38.8 Å². The molecule has 30 heavy (non-hydrogen) atoms. The van der Waals surface area contributed by atoms with Gasteiger partial charge in [-0.1, -0.05) is 6.58 Å². The van der Waals surface area contributed by atoms with Crippen molar-refractivity contribution in [3.05, 3.63) is 51.9 Å². The summed E-state index contributed by atoms with van der Waals surface area (Å²) >= 11 is 0. The molecule has 1 aliphatic heterocycles. The first kappa shape index (κ1) is 22.0. The molecule has 2 heterocycles. The number of aliphatic hydroxyl groups excluding tert-OH is 1. The van der Waals surface area contributed by atoms with Crippen LogP contribution in [0.25, 0.3) is 11.0 Å². The van der Waals surface area contributed by atoms with E-state index in [1.54, 1.807) is 25.1 Å². The van der Waals surface area contributed by atoms with E-state index in [1.165, 1.54) is 0 Å². The third-order valence-electron chi connectivity index (χ3n) is 5.02. The van der Waals surface area contributed by atoms with E-state index >= 15 is 0 Å². The van der Waals surface area contributed by atoms with Crippen molar-refractivity contribution in [1.82, 2.24) is 5.32 Å². The third kappa shape index (κ3) is 5.09. The molecule has 2 atom stereocenters. The fraction of sp³-hybridized carbons (Fsp3) is 0.429. The van der Waals surface area contributed by atoms with Gasteiger partial charge >= 0.3 is 5.63 Å². The fourth-order valence-electron chi connectivity index (χ4n) is 3.44. The van der Waals surface area contributed by atoms with Crippen LogP contribution in [0.15, 0.2) is 39.6 Å². The highest BCUT2D eigenvalue weighted by molar-refractivity contribution is 7.91. The van der Waals surface area contributed by atoms with E-state index in [-0.39, 0.29) is 24.3 Å². The lowest BCUT2D eigenvalue weighted by molar-refractivity contribution is -0.122. The molecule has 3 rings (SSSR count). The van der Waals surface area contributed by atoms with Gasteiger partial charge in [0.2, 0.25) is 5.91 Å². The number of carbonyl (C=O) groups is 1. The molecule has 1 saturated heterocycles. The summed E-state index contributed by atoms with van der Waals surface area (Å²) in [5.41, 5.74) is 1.82. The van der Waals surface area contributed by atoms with Gasteiger partial charge in [0.15, 0.2) is 9.84 Å². The lowest BCUT2D eigenvalue weighted by Crippen LogP contribution is -2.42. The minimum Gasteiger partial charge on any atom is -0.489 e. The lowest BCUT2D eigenvalue weighted by atomic mass is 10.0. The number of hydrogen-bond donors (Lipinski definition) is 2. The Morgan fingerprint density at radius 1 is 1.37 bits per heavy atom. The third-order valence-corrected chi connectivity index (χ3v) is 6.73. The van der Waals surface area contributed by atoms with Crippen molar-refractivity contribution in [2.75, 3.05) is 18.1 Å². The van der Waals surface area contributed by atoms with Crippen molar-refractivity contribution in [1.29, 1.82) is 0 Å². The standard InChI is InChI=1S/C21H25NO7S/c1-12(2)9-28-14-4-5-15-13(3)16(21(25)29-19(15)8-14)6-7-20(24)22-17-10-30(26,27)11-18(17)23/h4-5,8,17-18,23H,1,6-7,9-11H2,2-3H3,(H,22,24)/t17-,18+/m1/s1. The molecule has 1 aromatic carbocycles. The Hall–Kier alpha value is -2.65. The average Bonchev–Trinajstić information content (AvgIpc) is 2.90. The van der Waals surface area contributed by atoms with Gasteiger partial charge in [-0.25, -0.2) is 13.2 Å². The summed E-state index contributed by atoms with van der Waals surface area (Å²) in [6.07, 6.45) is -1.01. The summed E-state index contributed by atoms with van der Waals surface area (Å²) in [6, 6.07) is 4.39. The Morgan fingerprint density at radius 2 is 2.10 bits per heavy atom. The first-order chi connectivity index (χ1) is 14.1. The Kier molecular flexibility index (Phi) is 6.33. The number of hydrogen-bond acceptors (Lipinski definition) is 7. The topological polar surface area (TPSA) is 123 Å². The molecule has 8 nitrogen and oxygen atoms in total. The molecule has 1 amide bonds. The van der Waals surface area contributed by atoms with Crippen molar-refractivity contribution in [3.8, 4) is 5.75 Å². The average molecular weight is 435 g/mol. The molecule has 1 fully saturated rings. The number of carbonyl (C=O) groups excluding carboxylic acids is 1. The van der Waals surface area contributed by atoms with Gasteiger partial charge in [-0.15, -0.1) is 0 Å². The largest absolute Gasteiger partial charge is 0.489 e. The maximum Gasteiger partial charge on any atom is 0.339 e. The number of fused-ring (bicyclic) bond motifs is 1. The number of aryl methyl sites for hydroxylation is 1. The highest BCUT2D eigenvalue weighted by Gasteiger charge is 2.37. The van der Waals surface area contributed by atoms with Crippen molar-refractivity contribution >= 4 is 26.7 Å². The van der Waals surface area contributed by atoms with Crippen LogP contribution in [0.1, 0.15) is 24.5 Å². The van der Waals surface area contributed by atoms with Crippen LogP contribution >= 0.6 is 0 Å². The van der Waals surface area contributed by atoms with E-state index in [9.17, 15) is 23.1 Å². The van der Waals surface area contributed by atoms with E-state index in [0.29, 0.717) is 29.1 Å². The summed E-state index contributed by atoms with van der Waals surface area (Å²) in [6.45, 7) is 7.77. The summed E-state index contributed by atoms with van der Waals surface area (Å²) in [7, 11) is -3.35. The normalized spacial score (nSPS) is 20.2. The SMILES string of the molecule is C=C(C)COc1ccc2c(C)c(CCC(=O)N[C@@H]3CS(=O)(=O)C[C@@H]3O)c(=O)oc2c1. The predicted octanol–water partition coefficient (Wildman–Crippen LogP) is 1.26. The second kappa shape index (κ2) is 8.61. The zero-order valence-electron chi connectivity index (χ0n) is 16.9. The van der Waals surface area contributed by atoms with Gasteiger partial charge < -0.3 is 19.6 Å². The van der Waals surface area contributed by atoms with Gasteiger partial charge in [0.05, 0.1) is 23.7 Å². The second-order valence-corrected chi connectivity index (χ2v) is 9.87. The second-order valence-electron chi connectivity index (χ2n) is 7.72. The number of aliphatic hydroxyl groups is 1. The van der Waals surface area contributed by atoms with E-state index in [0.717, 1.165) is 11.0 Å². The molecule has 0 aliphatic carbocycles. The minimum absolute atomic E-state index is 0.0276. The smallest absolute Gasteiger partial charge is 0.339 e. The molecule has 1 aromatic heterocycles. The molecule has 9 heteroatoms. The van der Waals surface area contributed by atoms with Gasteiger partial charge in [-0.2, -0.15) is 0 Å². The van der Waals surface area contributed by atoms with Gasteiger partial charge in [-0.3, -0.25) is 4.79 Å². The number of ether oxygens (including phenoxy) is 1. The van der Waals surface area contributed by atoms with Crippen LogP contribution in [0.4, 0.5) is 0 Å². The number of nitrogens with one attached hydrogen (secondary N) is 1. The van der Waals surface area contributed by atoms with Gasteiger partial charge in [0.25, 0.3) is 0 Å². The van der Waals surface area contributed by atoms with E-state index in [4.69, 9.17) is 9.15 Å². The summed E-state index contributed by atoms with van der Waals surface area (Å²) in [5, 5.41) is 13.1. The Morgan fingerprint density at radius 3 is 2.73 bits per heavy atom. The van der Waals surface area contributed by atoms with E-state index in [2.05, 4.69) is 11.9 Å². The zero-order valence-corrected chi connectivity index (χ0v) is 17.8. The molecule has 2 N–H and O–H groups in total. The molecule has 0 radical (unpaired) electrons. The highest BCUT2D eigenvalue weighted by atomic mass is 32.2. The van der Waals surface area contributed by atoms with Crippen LogP contribution in [-0.2, 0) is 21.1 Å². The molecule has 0 unspecified atom stereocenters. The molecule has 0 saturated carbocycles. The summed E-state index contributed by atoms with van der Waals surface area (Å²) < 4.78 is 34.1. The quantitative estimate of drug-likeness (QED) is 0.496. The molecule has 0 spiro atoms. The Labute approximate surface area is 174 Å². The Balaban J connectivity index is 1.71. The van der Waals surface area contributed by atoms with Crippen molar-refractivity contribution < 1.29 is 27.5 Å². The molecule has 0 bridgehead atoms. The van der Waals surface area contributed by atoms with Gasteiger partial charge in [-0.05, 0) is 43.5 Å². The van der Waals surface area contributed by atoms with Crippen LogP contribution in [0.5, 0.6) is 5.75 Å². The van der Waals surface area contributed by atoms with Gasteiger partial charge in [0.1, 0.15) is 17.9 Å². The lowest BCUT2D eigenvalue weighted by Gasteiger charge is -2.15. The molecular weight excluding hydrogens is 410 g/mol. The number of amides is 1. The monoisotopic (exact) mass is 435 g/mol. The number of sulfone groups is 1. The maximum atomic E-state index is 12.5. The van der Waals surface area contributed by atoms with Crippen LogP contribution in [0, 0.1) is 6.92 Å². The molecule has 2 aromatic rings. The fourth-order valence-corrected chi connectivity index (χ4v) is 5.19. The minimum atomic E-state index is -3.35. The molecule has 162 valence electrons. The van der Waals surface area contributed by atoms with E-state index < -0.39 is 33.5 Å².